The summed E-state index contributed by atoms with van der Waals surface area (Å²) >= 11 is 0. The Labute approximate surface area is 235 Å². The largest absolute Gasteiger partial charge is 0.468 e. The van der Waals surface area contributed by atoms with Gasteiger partial charge in [-0.25, -0.2) is 23.9 Å². The van der Waals surface area contributed by atoms with Gasteiger partial charge >= 0.3 is 13.7 Å². The van der Waals surface area contributed by atoms with Gasteiger partial charge in [-0.15, -0.1) is 6.42 Å². The lowest BCUT2D eigenvalue weighted by atomic mass is 9.97. The number of rotatable bonds is 11. The molecule has 5 rings (SSSR count). The standard InChI is InChI=1S/C26H30FN6O7P/c1-5-26(27)21(34)19(13-38-41(36,32-15(2)24(35)37-4)40-18-9-7-6-8-10-18)39-25(26)33-14-28-20-22(31-17-11-12-17)29-16(3)30-23(20)33/h1,6-10,14-15,17,19,21,25,34H,11-13H2,2-4H3,(H,32,36)(H,29,30,31)/t15-,19-,21-,25-,26-,41+/m1/s1. The number of aryl methyl sites for hydroxylation is 1. The number of hydrogen-bond acceptors (Lipinski definition) is 11. The van der Waals surface area contributed by atoms with Crippen molar-refractivity contribution in [3.63, 3.8) is 0 Å². The molecule has 3 aromatic rings. The number of aliphatic hydroxyl groups is 1. The number of benzene rings is 1. The number of aromatic nitrogens is 4. The number of carbonyl (C=O) groups is 1. The number of anilines is 1. The minimum atomic E-state index is -4.30. The molecule has 1 saturated heterocycles. The number of hydrogen-bond donors (Lipinski definition) is 3. The molecule has 1 saturated carbocycles. The van der Waals surface area contributed by atoms with E-state index >= 15 is 4.39 Å². The highest BCUT2D eigenvalue weighted by Gasteiger charge is 2.58. The van der Waals surface area contributed by atoms with Gasteiger partial charge in [0.1, 0.15) is 29.8 Å². The SMILES string of the molecule is C#C[C@@]1(F)[C@H](O)[C@@H](CO[P@@](=O)(N[C@H](C)C(=O)OC)Oc2ccccc2)O[C@H]1n1cnc2c(NC3CC3)nc(C)nc21. The van der Waals surface area contributed by atoms with Crippen LogP contribution in [0.3, 0.4) is 0 Å². The van der Waals surface area contributed by atoms with Crippen LogP contribution in [0.25, 0.3) is 11.2 Å². The van der Waals surface area contributed by atoms with Gasteiger partial charge in [0.05, 0.1) is 20.0 Å². The van der Waals surface area contributed by atoms with Gasteiger partial charge < -0.3 is 24.4 Å². The van der Waals surface area contributed by atoms with E-state index in [9.17, 15) is 14.5 Å². The van der Waals surface area contributed by atoms with Crippen LogP contribution in [-0.4, -0.2) is 74.3 Å². The van der Waals surface area contributed by atoms with Crippen molar-refractivity contribution >= 4 is 30.7 Å². The lowest BCUT2D eigenvalue weighted by Crippen LogP contribution is -2.42. The molecule has 13 nitrogen and oxygen atoms in total. The Morgan fingerprint density at radius 1 is 1.37 bits per heavy atom. The highest BCUT2D eigenvalue weighted by molar-refractivity contribution is 7.52. The average Bonchev–Trinajstić information content (AvgIpc) is 3.62. The van der Waals surface area contributed by atoms with Crippen LogP contribution >= 0.6 is 7.75 Å². The summed E-state index contributed by atoms with van der Waals surface area (Å²) in [5.41, 5.74) is -2.09. The summed E-state index contributed by atoms with van der Waals surface area (Å²) in [7, 11) is -3.13. The summed E-state index contributed by atoms with van der Waals surface area (Å²) in [4.78, 5) is 25.2. The summed E-state index contributed by atoms with van der Waals surface area (Å²) < 4.78 is 52.9. The molecule has 2 aliphatic rings. The molecule has 0 radical (unpaired) electrons. The molecule has 3 heterocycles. The average molecular weight is 589 g/mol. The number of para-hydroxylation sites is 1. The number of terminal acetylenes is 1. The summed E-state index contributed by atoms with van der Waals surface area (Å²) in [6.07, 6.45) is 4.03. The highest BCUT2D eigenvalue weighted by Crippen LogP contribution is 2.48. The number of nitrogens with one attached hydrogen (secondary N) is 2. The van der Waals surface area contributed by atoms with Crippen molar-refractivity contribution in [3.8, 4) is 18.1 Å². The van der Waals surface area contributed by atoms with E-state index in [1.807, 2.05) is 5.92 Å². The number of imidazole rings is 1. The van der Waals surface area contributed by atoms with Gasteiger partial charge in [0.2, 0.25) is 5.67 Å². The maximum Gasteiger partial charge on any atom is 0.459 e. The molecule has 0 unspecified atom stereocenters. The fourth-order valence-corrected chi connectivity index (χ4v) is 5.88. The van der Waals surface area contributed by atoms with Crippen molar-refractivity contribution in [1.29, 1.82) is 0 Å². The Morgan fingerprint density at radius 2 is 2.10 bits per heavy atom. The molecule has 1 aromatic carbocycles. The summed E-state index contributed by atoms with van der Waals surface area (Å²) in [5, 5.41) is 16.7. The van der Waals surface area contributed by atoms with Gasteiger partial charge in [-0.05, 0) is 38.8 Å². The maximum absolute atomic E-state index is 16.2. The zero-order valence-corrected chi connectivity index (χ0v) is 23.5. The van der Waals surface area contributed by atoms with E-state index in [0.29, 0.717) is 17.2 Å². The van der Waals surface area contributed by atoms with Crippen LogP contribution in [0.1, 0.15) is 31.8 Å². The number of alkyl halides is 1. The normalized spacial score (nSPS) is 26.2. The Bertz CT molecular complexity index is 1510. The molecule has 41 heavy (non-hydrogen) atoms. The number of methoxy groups -OCH3 is 1. The number of fused-ring (bicyclic) bond motifs is 1. The van der Waals surface area contributed by atoms with E-state index < -0.39 is 50.5 Å². The van der Waals surface area contributed by atoms with Crippen molar-refractivity contribution in [2.75, 3.05) is 19.0 Å². The fourth-order valence-electron chi connectivity index (χ4n) is 4.38. The maximum atomic E-state index is 16.2. The molecule has 2 aromatic heterocycles. The minimum Gasteiger partial charge on any atom is -0.468 e. The minimum absolute atomic E-state index is 0.171. The molecule has 0 bridgehead atoms. The number of ether oxygens (including phenoxy) is 2. The Kier molecular flexibility index (Phi) is 8.00. The van der Waals surface area contributed by atoms with Gasteiger partial charge in [0.15, 0.2) is 23.2 Å². The third-order valence-corrected chi connectivity index (χ3v) is 8.30. The first-order valence-corrected chi connectivity index (χ1v) is 14.4. The quantitative estimate of drug-likeness (QED) is 0.171. The zero-order valence-electron chi connectivity index (χ0n) is 22.6. The van der Waals surface area contributed by atoms with Gasteiger partial charge in [0.25, 0.3) is 0 Å². The van der Waals surface area contributed by atoms with E-state index in [1.165, 1.54) is 37.1 Å². The third kappa shape index (κ3) is 5.91. The van der Waals surface area contributed by atoms with Crippen LogP contribution in [0, 0.1) is 19.3 Å². The van der Waals surface area contributed by atoms with Crippen molar-refractivity contribution in [1.82, 2.24) is 24.6 Å². The lowest BCUT2D eigenvalue weighted by Gasteiger charge is -2.24. The Morgan fingerprint density at radius 3 is 2.76 bits per heavy atom. The second kappa shape index (κ2) is 11.3. The van der Waals surface area contributed by atoms with Gasteiger partial charge in [-0.2, -0.15) is 5.09 Å². The van der Waals surface area contributed by atoms with Crippen LogP contribution in [-0.2, 0) is 23.4 Å². The Balaban J connectivity index is 1.40. The molecule has 2 fully saturated rings. The second-order valence-corrected chi connectivity index (χ2v) is 11.5. The van der Waals surface area contributed by atoms with E-state index in [1.54, 1.807) is 25.1 Å². The smallest absolute Gasteiger partial charge is 0.459 e. The zero-order chi connectivity index (χ0) is 29.4. The third-order valence-electron chi connectivity index (χ3n) is 6.66. The number of halogens is 1. The number of esters is 1. The van der Waals surface area contributed by atoms with Gasteiger partial charge in [-0.1, -0.05) is 24.1 Å². The summed E-state index contributed by atoms with van der Waals surface area (Å²) in [6.45, 7) is 2.47. The molecule has 0 amide bonds. The summed E-state index contributed by atoms with van der Waals surface area (Å²) in [5.74, 6) is 2.37. The van der Waals surface area contributed by atoms with Crippen LogP contribution in [0.2, 0.25) is 0 Å². The highest BCUT2D eigenvalue weighted by atomic mass is 31.2. The molecule has 1 aliphatic heterocycles. The predicted molar refractivity (Wildman–Crippen MR) is 145 cm³/mol. The molecular formula is C26H30FN6O7P. The lowest BCUT2D eigenvalue weighted by molar-refractivity contribution is -0.142. The number of aliphatic hydroxyl groups excluding tert-OH is 1. The monoisotopic (exact) mass is 588 g/mol. The van der Waals surface area contributed by atoms with E-state index in [2.05, 4.69) is 30.1 Å². The van der Waals surface area contributed by atoms with Crippen molar-refractivity contribution < 1.29 is 37.4 Å². The molecule has 218 valence electrons. The molecule has 15 heteroatoms. The molecule has 3 N–H and O–H groups in total. The first-order chi connectivity index (χ1) is 19.6. The Hall–Kier alpha value is -3.60. The van der Waals surface area contributed by atoms with E-state index in [0.717, 1.165) is 12.8 Å². The molecular weight excluding hydrogens is 558 g/mol. The van der Waals surface area contributed by atoms with Gasteiger partial charge in [0, 0.05) is 6.04 Å². The second-order valence-electron chi connectivity index (χ2n) is 9.82. The predicted octanol–water partition coefficient (Wildman–Crippen LogP) is 2.66. The molecule has 1 aliphatic carbocycles. The van der Waals surface area contributed by atoms with Crippen LogP contribution in [0.4, 0.5) is 10.2 Å². The molecule has 0 spiro atoms. The molecule has 6 atom stereocenters. The van der Waals surface area contributed by atoms with E-state index in [4.69, 9.17) is 20.2 Å². The summed E-state index contributed by atoms with van der Waals surface area (Å²) in [6, 6.07) is 7.26. The van der Waals surface area contributed by atoms with Crippen LogP contribution in [0.15, 0.2) is 36.7 Å². The topological polar surface area (TPSA) is 159 Å². The van der Waals surface area contributed by atoms with Crippen LogP contribution < -0.4 is 14.9 Å². The van der Waals surface area contributed by atoms with Crippen molar-refractivity contribution in [2.24, 2.45) is 0 Å². The van der Waals surface area contributed by atoms with Crippen molar-refractivity contribution in [2.45, 2.75) is 62.9 Å². The van der Waals surface area contributed by atoms with E-state index in [-0.39, 0.29) is 17.4 Å². The number of nitrogens with zero attached hydrogens (tertiary/aromatic N) is 4. The van der Waals surface area contributed by atoms with Crippen molar-refractivity contribution in [3.05, 3.63) is 42.5 Å². The van der Waals surface area contributed by atoms with Crippen LogP contribution in [0.5, 0.6) is 5.75 Å². The first-order valence-electron chi connectivity index (χ1n) is 12.9. The van der Waals surface area contributed by atoms with Gasteiger partial charge in [-0.3, -0.25) is 13.9 Å². The first kappa shape index (κ1) is 28.9. The number of carbonyl (C=O) groups excluding carboxylic acids is 1. The fraction of sp³-hybridized carbons (Fsp3) is 0.462.